The molecule has 1 aromatic heterocycles. The summed E-state index contributed by atoms with van der Waals surface area (Å²) in [4.78, 5) is 17.0. The first kappa shape index (κ1) is 21.2. The molecule has 0 aliphatic carbocycles. The topological polar surface area (TPSA) is 74.6 Å². The zero-order chi connectivity index (χ0) is 21.5. The zero-order valence-electron chi connectivity index (χ0n) is 17.9. The second-order valence-electron chi connectivity index (χ2n) is 7.44. The SMILES string of the molecule is CCOc1ccccc1OCCn1c(CCNC(=O)C2CCCO2)nc2ccccc21. The maximum atomic E-state index is 12.2. The summed E-state index contributed by atoms with van der Waals surface area (Å²) >= 11 is 0. The normalized spacial score (nSPS) is 15.8. The van der Waals surface area contributed by atoms with Crippen molar-refractivity contribution in [3.05, 3.63) is 54.4 Å². The molecule has 1 N–H and O–H groups in total. The molecule has 1 unspecified atom stereocenters. The van der Waals surface area contributed by atoms with Crippen LogP contribution in [0.4, 0.5) is 0 Å². The van der Waals surface area contributed by atoms with Gasteiger partial charge in [-0.1, -0.05) is 24.3 Å². The Hall–Kier alpha value is -3.06. The van der Waals surface area contributed by atoms with Gasteiger partial charge in [-0.2, -0.15) is 0 Å². The van der Waals surface area contributed by atoms with Gasteiger partial charge in [0.05, 0.1) is 24.2 Å². The first-order valence-electron chi connectivity index (χ1n) is 10.9. The average Bonchev–Trinajstić information content (AvgIpc) is 3.44. The number of nitrogens with one attached hydrogen (secondary N) is 1. The quantitative estimate of drug-likeness (QED) is 0.541. The van der Waals surface area contributed by atoms with Crippen molar-refractivity contribution in [3.8, 4) is 11.5 Å². The van der Waals surface area contributed by atoms with Crippen LogP contribution in [0.25, 0.3) is 11.0 Å². The number of hydrogen-bond donors (Lipinski definition) is 1. The fourth-order valence-electron chi connectivity index (χ4n) is 3.85. The van der Waals surface area contributed by atoms with Crippen LogP contribution >= 0.6 is 0 Å². The van der Waals surface area contributed by atoms with Gasteiger partial charge < -0.3 is 24.1 Å². The van der Waals surface area contributed by atoms with Crippen LogP contribution in [-0.4, -0.2) is 47.9 Å². The van der Waals surface area contributed by atoms with Gasteiger partial charge in [0, 0.05) is 19.6 Å². The first-order valence-corrected chi connectivity index (χ1v) is 10.9. The summed E-state index contributed by atoms with van der Waals surface area (Å²) in [5.74, 6) is 2.38. The Morgan fingerprint density at radius 1 is 1.16 bits per heavy atom. The van der Waals surface area contributed by atoms with Crippen molar-refractivity contribution in [2.75, 3.05) is 26.4 Å². The molecule has 1 aliphatic rings. The molecule has 1 aliphatic heterocycles. The number of carbonyl (C=O) groups excluding carboxylic acids is 1. The van der Waals surface area contributed by atoms with Gasteiger partial charge in [0.1, 0.15) is 18.5 Å². The van der Waals surface area contributed by atoms with Crippen molar-refractivity contribution < 1.29 is 19.0 Å². The van der Waals surface area contributed by atoms with E-state index in [0.29, 0.717) is 39.3 Å². The highest BCUT2D eigenvalue weighted by Gasteiger charge is 2.23. The molecule has 7 heteroatoms. The summed E-state index contributed by atoms with van der Waals surface area (Å²) in [5.41, 5.74) is 2.00. The van der Waals surface area contributed by atoms with Gasteiger partial charge >= 0.3 is 0 Å². The van der Waals surface area contributed by atoms with E-state index in [9.17, 15) is 4.79 Å². The monoisotopic (exact) mass is 423 g/mol. The van der Waals surface area contributed by atoms with Crippen molar-refractivity contribution in [1.82, 2.24) is 14.9 Å². The van der Waals surface area contributed by atoms with E-state index in [2.05, 4.69) is 16.0 Å². The van der Waals surface area contributed by atoms with E-state index in [4.69, 9.17) is 19.2 Å². The molecule has 0 bridgehead atoms. The van der Waals surface area contributed by atoms with E-state index in [0.717, 1.165) is 41.2 Å². The molecule has 4 rings (SSSR count). The Balaban J connectivity index is 1.41. The standard InChI is InChI=1S/C24H29N3O4/c1-2-29-20-10-5-6-11-21(20)31-17-15-27-19-9-4-3-8-18(19)26-23(27)13-14-25-24(28)22-12-7-16-30-22/h3-6,8-11,22H,2,7,12-17H2,1H3,(H,25,28). The van der Waals surface area contributed by atoms with Crippen molar-refractivity contribution in [2.45, 2.75) is 38.8 Å². The number of nitrogens with zero attached hydrogens (tertiary/aromatic N) is 2. The molecular formula is C24H29N3O4. The summed E-state index contributed by atoms with van der Waals surface area (Å²) in [6.07, 6.45) is 2.08. The van der Waals surface area contributed by atoms with E-state index >= 15 is 0 Å². The Kier molecular flexibility index (Phi) is 7.04. The molecule has 164 valence electrons. The van der Waals surface area contributed by atoms with Gasteiger partial charge in [-0.25, -0.2) is 4.98 Å². The van der Waals surface area contributed by atoms with Crippen molar-refractivity contribution >= 4 is 16.9 Å². The summed E-state index contributed by atoms with van der Waals surface area (Å²) < 4.78 is 19.3. The lowest BCUT2D eigenvalue weighted by Crippen LogP contribution is -2.35. The predicted octanol–water partition coefficient (Wildman–Crippen LogP) is 3.35. The molecule has 1 amide bonds. The third-order valence-electron chi connectivity index (χ3n) is 5.33. The van der Waals surface area contributed by atoms with Crippen LogP contribution in [0.5, 0.6) is 11.5 Å². The third-order valence-corrected chi connectivity index (χ3v) is 5.33. The minimum absolute atomic E-state index is 0.0315. The van der Waals surface area contributed by atoms with E-state index in [1.165, 1.54) is 0 Å². The fourth-order valence-corrected chi connectivity index (χ4v) is 3.85. The zero-order valence-corrected chi connectivity index (χ0v) is 17.9. The minimum atomic E-state index is -0.308. The number of ether oxygens (including phenoxy) is 3. The van der Waals surface area contributed by atoms with Crippen LogP contribution in [-0.2, 0) is 22.5 Å². The number of benzene rings is 2. The van der Waals surface area contributed by atoms with E-state index < -0.39 is 0 Å². The number of para-hydroxylation sites is 4. The Bertz CT molecular complexity index is 1010. The fraction of sp³-hybridized carbons (Fsp3) is 0.417. The lowest BCUT2D eigenvalue weighted by Gasteiger charge is -2.14. The van der Waals surface area contributed by atoms with Gasteiger partial charge in [0.2, 0.25) is 5.91 Å². The molecule has 31 heavy (non-hydrogen) atoms. The number of hydrogen-bond acceptors (Lipinski definition) is 5. The molecule has 0 spiro atoms. The lowest BCUT2D eigenvalue weighted by molar-refractivity contribution is -0.130. The average molecular weight is 424 g/mol. The van der Waals surface area contributed by atoms with Gasteiger partial charge in [-0.05, 0) is 44.0 Å². The summed E-state index contributed by atoms with van der Waals surface area (Å²) in [6, 6.07) is 15.8. The van der Waals surface area contributed by atoms with Crippen LogP contribution in [0.2, 0.25) is 0 Å². The van der Waals surface area contributed by atoms with Crippen molar-refractivity contribution in [3.63, 3.8) is 0 Å². The molecule has 1 fully saturated rings. The largest absolute Gasteiger partial charge is 0.490 e. The molecule has 2 heterocycles. The van der Waals surface area contributed by atoms with Crippen LogP contribution in [0.15, 0.2) is 48.5 Å². The smallest absolute Gasteiger partial charge is 0.249 e. The summed E-state index contributed by atoms with van der Waals surface area (Å²) in [5, 5.41) is 2.98. The second-order valence-corrected chi connectivity index (χ2v) is 7.44. The Morgan fingerprint density at radius 3 is 2.71 bits per heavy atom. The summed E-state index contributed by atoms with van der Waals surface area (Å²) in [7, 11) is 0. The number of fused-ring (bicyclic) bond motifs is 1. The highest BCUT2D eigenvalue weighted by atomic mass is 16.5. The van der Waals surface area contributed by atoms with Crippen LogP contribution in [0.3, 0.4) is 0 Å². The number of aromatic nitrogens is 2. The van der Waals surface area contributed by atoms with Crippen molar-refractivity contribution in [1.29, 1.82) is 0 Å². The van der Waals surface area contributed by atoms with Gasteiger partial charge in [-0.3, -0.25) is 4.79 Å². The Labute approximate surface area is 182 Å². The van der Waals surface area contributed by atoms with Gasteiger partial charge in [0.15, 0.2) is 11.5 Å². The number of amides is 1. The van der Waals surface area contributed by atoms with E-state index in [1.807, 2.05) is 49.4 Å². The minimum Gasteiger partial charge on any atom is -0.490 e. The Morgan fingerprint density at radius 2 is 1.94 bits per heavy atom. The lowest BCUT2D eigenvalue weighted by atomic mass is 10.2. The van der Waals surface area contributed by atoms with Crippen molar-refractivity contribution in [2.24, 2.45) is 0 Å². The molecular weight excluding hydrogens is 394 g/mol. The van der Waals surface area contributed by atoms with Gasteiger partial charge in [0.25, 0.3) is 0 Å². The van der Waals surface area contributed by atoms with Gasteiger partial charge in [-0.15, -0.1) is 0 Å². The van der Waals surface area contributed by atoms with Crippen LogP contribution in [0.1, 0.15) is 25.6 Å². The second kappa shape index (κ2) is 10.3. The molecule has 1 atom stereocenters. The third kappa shape index (κ3) is 5.17. The van der Waals surface area contributed by atoms with Crippen LogP contribution in [0, 0.1) is 0 Å². The molecule has 1 saturated heterocycles. The van der Waals surface area contributed by atoms with E-state index in [1.54, 1.807) is 0 Å². The first-order chi connectivity index (χ1) is 15.3. The molecule has 3 aromatic rings. The molecule has 0 radical (unpaired) electrons. The number of carbonyl (C=O) groups is 1. The maximum absolute atomic E-state index is 12.2. The number of rotatable bonds is 10. The van der Waals surface area contributed by atoms with E-state index in [-0.39, 0.29) is 12.0 Å². The van der Waals surface area contributed by atoms with Crippen LogP contribution < -0.4 is 14.8 Å². The number of imidazole rings is 1. The molecule has 0 saturated carbocycles. The summed E-state index contributed by atoms with van der Waals surface area (Å²) in [6.45, 7) is 4.87. The highest BCUT2D eigenvalue weighted by molar-refractivity contribution is 5.81. The predicted molar refractivity (Wildman–Crippen MR) is 119 cm³/mol. The highest BCUT2D eigenvalue weighted by Crippen LogP contribution is 2.26. The molecule has 7 nitrogen and oxygen atoms in total. The maximum Gasteiger partial charge on any atom is 0.249 e. The molecule has 2 aromatic carbocycles.